The molecule has 110 valence electrons. The molecule has 1 atom stereocenters. The second-order valence-corrected chi connectivity index (χ2v) is 4.47. The molecule has 0 amide bonds. The molecule has 2 aromatic carbocycles. The minimum Gasteiger partial charge on any atom is -0.493 e. The Kier molecular flexibility index (Phi) is 4.79. The van der Waals surface area contributed by atoms with Crippen LogP contribution in [0.25, 0.3) is 0 Å². The van der Waals surface area contributed by atoms with Crippen LogP contribution in [0.5, 0.6) is 11.5 Å². The van der Waals surface area contributed by atoms with Gasteiger partial charge in [0.25, 0.3) is 0 Å². The van der Waals surface area contributed by atoms with E-state index in [0.717, 1.165) is 5.56 Å². The molecule has 3 N–H and O–H groups in total. The largest absolute Gasteiger partial charge is 0.493 e. The van der Waals surface area contributed by atoms with Gasteiger partial charge in [0.05, 0.1) is 7.11 Å². The van der Waals surface area contributed by atoms with Crippen molar-refractivity contribution in [3.05, 3.63) is 59.7 Å². The van der Waals surface area contributed by atoms with E-state index in [1.165, 1.54) is 7.11 Å². The molecular weight excluding hydrogens is 270 g/mol. The summed E-state index contributed by atoms with van der Waals surface area (Å²) in [6.07, 6.45) is 0. The molecule has 5 heteroatoms. The minimum absolute atomic E-state index is 0.306. The zero-order chi connectivity index (χ0) is 15.2. The molecule has 5 nitrogen and oxygen atoms in total. The molecule has 0 saturated carbocycles. The van der Waals surface area contributed by atoms with E-state index in [-0.39, 0.29) is 0 Å². The van der Waals surface area contributed by atoms with Crippen LogP contribution < -0.4 is 15.2 Å². The van der Waals surface area contributed by atoms with E-state index in [9.17, 15) is 4.79 Å². The monoisotopic (exact) mass is 287 g/mol. The van der Waals surface area contributed by atoms with Crippen molar-refractivity contribution in [2.75, 3.05) is 7.11 Å². The molecule has 0 aliphatic carbocycles. The summed E-state index contributed by atoms with van der Waals surface area (Å²) in [5.74, 6) is -0.299. The first kappa shape index (κ1) is 14.9. The predicted octanol–water partition coefficient (Wildman–Crippen LogP) is 2.36. The third-order valence-electron chi connectivity index (χ3n) is 3.06. The van der Waals surface area contributed by atoms with Crippen molar-refractivity contribution in [3.8, 4) is 11.5 Å². The van der Waals surface area contributed by atoms with E-state index in [4.69, 9.17) is 20.3 Å². The smallest absolute Gasteiger partial charge is 0.325 e. The molecule has 2 aromatic rings. The van der Waals surface area contributed by atoms with Gasteiger partial charge in [0.1, 0.15) is 12.6 Å². The van der Waals surface area contributed by atoms with Gasteiger partial charge in [-0.2, -0.15) is 0 Å². The molecule has 0 aliphatic rings. The molecule has 0 aliphatic heterocycles. The maximum Gasteiger partial charge on any atom is 0.325 e. The summed E-state index contributed by atoms with van der Waals surface area (Å²) in [4.78, 5) is 11.1. The van der Waals surface area contributed by atoms with Gasteiger partial charge in [-0.1, -0.05) is 42.5 Å². The summed E-state index contributed by atoms with van der Waals surface area (Å²) in [5.41, 5.74) is 7.05. The second-order valence-electron chi connectivity index (χ2n) is 4.47. The fourth-order valence-electron chi connectivity index (χ4n) is 1.96. The highest BCUT2D eigenvalue weighted by atomic mass is 16.5. The van der Waals surface area contributed by atoms with E-state index in [2.05, 4.69) is 0 Å². The van der Waals surface area contributed by atoms with Gasteiger partial charge in [-0.15, -0.1) is 0 Å². The molecule has 0 unspecified atom stereocenters. The number of hydrogen-bond acceptors (Lipinski definition) is 4. The predicted molar refractivity (Wildman–Crippen MR) is 78.3 cm³/mol. The summed E-state index contributed by atoms with van der Waals surface area (Å²) in [7, 11) is 1.50. The van der Waals surface area contributed by atoms with Crippen LogP contribution in [0.15, 0.2) is 48.5 Å². The van der Waals surface area contributed by atoms with Crippen LogP contribution in [0, 0.1) is 0 Å². The number of ether oxygens (including phenoxy) is 2. The molecule has 0 heterocycles. The third-order valence-corrected chi connectivity index (χ3v) is 3.06. The molecule has 0 spiro atoms. The standard InChI is InChI=1S/C16H17NO4/c1-20-13-9-5-8-12(14(17)16(18)19)15(13)21-10-11-6-3-2-4-7-11/h2-9,14H,10,17H2,1H3,(H,18,19)/t14-/m0/s1. The topological polar surface area (TPSA) is 81.8 Å². The van der Waals surface area contributed by atoms with Crippen LogP contribution in [0.2, 0.25) is 0 Å². The number of methoxy groups -OCH3 is 1. The highest BCUT2D eigenvalue weighted by molar-refractivity contribution is 5.77. The van der Waals surface area contributed by atoms with Gasteiger partial charge < -0.3 is 20.3 Å². The van der Waals surface area contributed by atoms with Crippen LogP contribution in [-0.2, 0) is 11.4 Å². The number of nitrogens with two attached hydrogens (primary N) is 1. The van der Waals surface area contributed by atoms with Crippen LogP contribution in [0.3, 0.4) is 0 Å². The lowest BCUT2D eigenvalue weighted by Crippen LogP contribution is -2.21. The first-order valence-electron chi connectivity index (χ1n) is 6.45. The van der Waals surface area contributed by atoms with Crippen molar-refractivity contribution < 1.29 is 19.4 Å². The number of para-hydroxylation sites is 1. The van der Waals surface area contributed by atoms with Gasteiger partial charge >= 0.3 is 5.97 Å². The average Bonchev–Trinajstić information content (AvgIpc) is 2.52. The first-order chi connectivity index (χ1) is 10.1. The normalized spacial score (nSPS) is 11.7. The number of aliphatic carboxylic acids is 1. The summed E-state index contributed by atoms with van der Waals surface area (Å²) < 4.78 is 11.0. The summed E-state index contributed by atoms with van der Waals surface area (Å²) >= 11 is 0. The van der Waals surface area contributed by atoms with Gasteiger partial charge in [-0.25, -0.2) is 0 Å². The fourth-order valence-corrected chi connectivity index (χ4v) is 1.96. The van der Waals surface area contributed by atoms with Crippen LogP contribution in [0.1, 0.15) is 17.2 Å². The van der Waals surface area contributed by atoms with Crippen molar-refractivity contribution >= 4 is 5.97 Å². The third kappa shape index (κ3) is 3.52. The zero-order valence-electron chi connectivity index (χ0n) is 11.7. The summed E-state index contributed by atoms with van der Waals surface area (Å²) in [5, 5.41) is 9.09. The molecular formula is C16H17NO4. The Balaban J connectivity index is 2.29. The van der Waals surface area contributed by atoms with Crippen molar-refractivity contribution in [3.63, 3.8) is 0 Å². The SMILES string of the molecule is COc1cccc([C@H](N)C(=O)O)c1OCc1ccccc1. The molecule has 0 saturated heterocycles. The Morgan fingerprint density at radius 1 is 1.19 bits per heavy atom. The number of benzene rings is 2. The average molecular weight is 287 g/mol. The van der Waals surface area contributed by atoms with Gasteiger partial charge in [0.15, 0.2) is 11.5 Å². The lowest BCUT2D eigenvalue weighted by molar-refractivity contribution is -0.138. The Morgan fingerprint density at radius 2 is 1.90 bits per heavy atom. The first-order valence-corrected chi connectivity index (χ1v) is 6.45. The van der Waals surface area contributed by atoms with Crippen LogP contribution in [-0.4, -0.2) is 18.2 Å². The fraction of sp³-hybridized carbons (Fsp3) is 0.188. The van der Waals surface area contributed by atoms with Crippen LogP contribution in [0.4, 0.5) is 0 Å². The van der Waals surface area contributed by atoms with Crippen LogP contribution >= 0.6 is 0 Å². The number of rotatable bonds is 6. The van der Waals surface area contributed by atoms with Gasteiger partial charge in [-0.05, 0) is 11.6 Å². The zero-order valence-corrected chi connectivity index (χ0v) is 11.7. The number of hydrogen-bond donors (Lipinski definition) is 2. The van der Waals surface area contributed by atoms with Gasteiger partial charge in [0, 0.05) is 5.56 Å². The Bertz CT molecular complexity index is 613. The lowest BCUT2D eigenvalue weighted by atomic mass is 10.1. The van der Waals surface area contributed by atoms with E-state index in [1.54, 1.807) is 18.2 Å². The van der Waals surface area contributed by atoms with Gasteiger partial charge in [0.2, 0.25) is 0 Å². The van der Waals surface area contributed by atoms with E-state index >= 15 is 0 Å². The van der Waals surface area contributed by atoms with Crippen molar-refractivity contribution in [1.82, 2.24) is 0 Å². The second kappa shape index (κ2) is 6.76. The Labute approximate surface area is 122 Å². The molecule has 2 rings (SSSR count). The van der Waals surface area contributed by atoms with E-state index < -0.39 is 12.0 Å². The molecule has 0 fully saturated rings. The lowest BCUT2D eigenvalue weighted by Gasteiger charge is -2.17. The van der Waals surface area contributed by atoms with Crippen molar-refractivity contribution in [2.45, 2.75) is 12.6 Å². The quantitative estimate of drug-likeness (QED) is 0.852. The van der Waals surface area contributed by atoms with E-state index in [0.29, 0.717) is 23.7 Å². The van der Waals surface area contributed by atoms with E-state index in [1.807, 2.05) is 30.3 Å². The minimum atomic E-state index is -1.16. The highest BCUT2D eigenvalue weighted by Gasteiger charge is 2.21. The number of carboxylic acids is 1. The Morgan fingerprint density at radius 3 is 2.52 bits per heavy atom. The highest BCUT2D eigenvalue weighted by Crippen LogP contribution is 2.34. The van der Waals surface area contributed by atoms with Crippen molar-refractivity contribution in [1.29, 1.82) is 0 Å². The maximum atomic E-state index is 11.1. The maximum absolute atomic E-state index is 11.1. The molecule has 0 bridgehead atoms. The van der Waals surface area contributed by atoms with Crippen molar-refractivity contribution in [2.24, 2.45) is 5.73 Å². The molecule has 21 heavy (non-hydrogen) atoms. The van der Waals surface area contributed by atoms with Gasteiger partial charge in [-0.3, -0.25) is 4.79 Å². The summed E-state index contributed by atoms with van der Waals surface area (Å²) in [6, 6.07) is 13.4. The molecule has 0 radical (unpaired) electrons. The molecule has 0 aromatic heterocycles. The summed E-state index contributed by atoms with van der Waals surface area (Å²) in [6.45, 7) is 0.306. The number of carbonyl (C=O) groups is 1. The number of carboxylic acid groups (broad SMARTS) is 1. The Hall–Kier alpha value is -2.53.